The van der Waals surface area contributed by atoms with Crippen molar-refractivity contribution in [3.05, 3.63) is 28.3 Å². The molecular formula is C13H19N3O3. The lowest BCUT2D eigenvalue weighted by molar-refractivity contribution is -0.385. The predicted molar refractivity (Wildman–Crippen MR) is 73.5 cm³/mol. The summed E-state index contributed by atoms with van der Waals surface area (Å²) in [5.74, 6) is 0.295. The largest absolute Gasteiger partial charge is 0.487 e. The van der Waals surface area contributed by atoms with E-state index in [1.807, 2.05) is 0 Å². The molecule has 2 unspecified atom stereocenters. The first-order valence-corrected chi connectivity index (χ1v) is 6.55. The molecule has 1 fully saturated rings. The van der Waals surface area contributed by atoms with Gasteiger partial charge in [0.15, 0.2) is 5.75 Å². The molecule has 2 rings (SSSR count). The predicted octanol–water partition coefficient (Wildman–Crippen LogP) is 2.29. The number of benzene rings is 1. The van der Waals surface area contributed by atoms with Gasteiger partial charge < -0.3 is 15.8 Å². The van der Waals surface area contributed by atoms with Gasteiger partial charge in [-0.3, -0.25) is 10.1 Å². The molecule has 3 N–H and O–H groups in total. The van der Waals surface area contributed by atoms with Crippen molar-refractivity contribution in [3.8, 4) is 5.75 Å². The smallest absolute Gasteiger partial charge is 0.333 e. The van der Waals surface area contributed by atoms with Gasteiger partial charge >= 0.3 is 5.69 Å². The van der Waals surface area contributed by atoms with Crippen molar-refractivity contribution in [2.45, 2.75) is 38.3 Å². The third-order valence-corrected chi connectivity index (χ3v) is 3.39. The molecule has 6 nitrogen and oxygen atoms in total. The van der Waals surface area contributed by atoms with Gasteiger partial charge in [-0.1, -0.05) is 6.07 Å². The Morgan fingerprint density at radius 1 is 1.53 bits per heavy atom. The molecule has 0 bridgehead atoms. The minimum atomic E-state index is -0.409. The van der Waals surface area contributed by atoms with Crippen LogP contribution < -0.4 is 15.8 Å². The summed E-state index contributed by atoms with van der Waals surface area (Å²) in [5, 5.41) is 14.4. The summed E-state index contributed by atoms with van der Waals surface area (Å²) in [7, 11) is 0. The van der Waals surface area contributed by atoms with E-state index in [0.717, 1.165) is 19.3 Å². The van der Waals surface area contributed by atoms with Gasteiger partial charge in [0.25, 0.3) is 0 Å². The minimum Gasteiger partial charge on any atom is -0.487 e. The fourth-order valence-electron chi connectivity index (χ4n) is 2.47. The first-order valence-electron chi connectivity index (χ1n) is 6.55. The lowest BCUT2D eigenvalue weighted by Gasteiger charge is -2.19. The van der Waals surface area contributed by atoms with Gasteiger partial charge in [-0.25, -0.2) is 0 Å². The second-order valence-corrected chi connectivity index (χ2v) is 4.69. The molecule has 0 heterocycles. The van der Waals surface area contributed by atoms with E-state index in [1.54, 1.807) is 25.1 Å². The summed E-state index contributed by atoms with van der Waals surface area (Å²) in [5.41, 5.74) is 6.46. The van der Waals surface area contributed by atoms with E-state index < -0.39 is 4.92 Å². The summed E-state index contributed by atoms with van der Waals surface area (Å²) < 4.78 is 5.32. The van der Waals surface area contributed by atoms with Crippen molar-refractivity contribution in [2.24, 2.45) is 5.73 Å². The Morgan fingerprint density at radius 3 is 2.89 bits per heavy atom. The molecule has 0 radical (unpaired) electrons. The number of rotatable bonds is 5. The van der Waals surface area contributed by atoms with Gasteiger partial charge in [0.2, 0.25) is 0 Å². The third kappa shape index (κ3) is 2.96. The number of nitrogens with two attached hydrogens (primary N) is 1. The Balaban J connectivity index is 2.28. The van der Waals surface area contributed by atoms with E-state index in [0.29, 0.717) is 18.0 Å². The van der Waals surface area contributed by atoms with Crippen LogP contribution in [0.2, 0.25) is 0 Å². The Kier molecular flexibility index (Phi) is 4.21. The number of nitrogens with one attached hydrogen (secondary N) is 1. The second kappa shape index (κ2) is 5.88. The number of ether oxygens (including phenoxy) is 1. The van der Waals surface area contributed by atoms with Crippen molar-refractivity contribution in [1.82, 2.24) is 0 Å². The summed E-state index contributed by atoms with van der Waals surface area (Å²) in [6, 6.07) is 5.21. The number of nitro benzene ring substituents is 1. The van der Waals surface area contributed by atoms with Crippen LogP contribution >= 0.6 is 0 Å². The molecule has 1 aromatic carbocycles. The van der Waals surface area contributed by atoms with Gasteiger partial charge in [0.05, 0.1) is 11.5 Å². The fraction of sp³-hybridized carbons (Fsp3) is 0.538. The van der Waals surface area contributed by atoms with Crippen LogP contribution in [0.4, 0.5) is 11.4 Å². The van der Waals surface area contributed by atoms with E-state index in [2.05, 4.69) is 5.32 Å². The molecule has 6 heteroatoms. The summed E-state index contributed by atoms with van der Waals surface area (Å²) in [6.45, 7) is 2.20. The molecule has 1 saturated carbocycles. The molecule has 1 aliphatic rings. The van der Waals surface area contributed by atoms with E-state index in [1.165, 1.54) is 0 Å². The van der Waals surface area contributed by atoms with Crippen molar-refractivity contribution in [2.75, 3.05) is 11.9 Å². The maximum atomic E-state index is 11.2. The van der Waals surface area contributed by atoms with Crippen molar-refractivity contribution in [1.29, 1.82) is 0 Å². The topological polar surface area (TPSA) is 90.4 Å². The molecule has 19 heavy (non-hydrogen) atoms. The summed E-state index contributed by atoms with van der Waals surface area (Å²) >= 11 is 0. The van der Waals surface area contributed by atoms with Crippen molar-refractivity contribution >= 4 is 11.4 Å². The molecule has 0 aromatic heterocycles. The van der Waals surface area contributed by atoms with Crippen LogP contribution in [0.1, 0.15) is 26.2 Å². The molecule has 0 spiro atoms. The summed E-state index contributed by atoms with van der Waals surface area (Å²) in [4.78, 5) is 10.8. The average molecular weight is 265 g/mol. The lowest BCUT2D eigenvalue weighted by Crippen LogP contribution is -2.35. The SMILES string of the molecule is CCOc1cccc(NC2CCCC2N)c1[N+](=O)[O-]. The number of nitrogens with zero attached hydrogens (tertiary/aromatic N) is 1. The van der Waals surface area contributed by atoms with Gasteiger partial charge in [-0.15, -0.1) is 0 Å². The fourth-order valence-corrected chi connectivity index (χ4v) is 2.47. The lowest BCUT2D eigenvalue weighted by atomic mass is 10.1. The number of nitro groups is 1. The van der Waals surface area contributed by atoms with Gasteiger partial charge in [-0.05, 0) is 38.3 Å². The normalized spacial score (nSPS) is 22.2. The quantitative estimate of drug-likeness (QED) is 0.629. The molecule has 104 valence electrons. The molecule has 2 atom stereocenters. The van der Waals surface area contributed by atoms with Gasteiger partial charge in [0.1, 0.15) is 5.69 Å². The molecule has 0 amide bonds. The first kappa shape index (κ1) is 13.6. The van der Waals surface area contributed by atoms with Crippen LogP contribution in [0, 0.1) is 10.1 Å². The highest BCUT2D eigenvalue weighted by Crippen LogP contribution is 2.36. The maximum Gasteiger partial charge on any atom is 0.333 e. The second-order valence-electron chi connectivity index (χ2n) is 4.69. The van der Waals surface area contributed by atoms with Crippen LogP contribution in [-0.4, -0.2) is 23.6 Å². The molecule has 1 aliphatic carbocycles. The monoisotopic (exact) mass is 265 g/mol. The van der Waals surface area contributed by atoms with Gasteiger partial charge in [0, 0.05) is 12.1 Å². The zero-order valence-electron chi connectivity index (χ0n) is 11.0. The van der Waals surface area contributed by atoms with E-state index in [4.69, 9.17) is 10.5 Å². The number of para-hydroxylation sites is 1. The molecule has 1 aromatic rings. The minimum absolute atomic E-state index is 0.0107. The van der Waals surface area contributed by atoms with E-state index >= 15 is 0 Å². The van der Waals surface area contributed by atoms with Crippen LogP contribution in [0.25, 0.3) is 0 Å². The van der Waals surface area contributed by atoms with Crippen LogP contribution in [0.5, 0.6) is 5.75 Å². The maximum absolute atomic E-state index is 11.2. The highest BCUT2D eigenvalue weighted by atomic mass is 16.6. The molecular weight excluding hydrogens is 246 g/mol. The van der Waals surface area contributed by atoms with Crippen molar-refractivity contribution in [3.63, 3.8) is 0 Å². The molecule has 0 aliphatic heterocycles. The number of hydrogen-bond acceptors (Lipinski definition) is 5. The highest BCUT2D eigenvalue weighted by Gasteiger charge is 2.28. The highest BCUT2D eigenvalue weighted by molar-refractivity contribution is 5.68. The Hall–Kier alpha value is -1.82. The van der Waals surface area contributed by atoms with Crippen molar-refractivity contribution < 1.29 is 9.66 Å². The molecule has 0 saturated heterocycles. The zero-order valence-corrected chi connectivity index (χ0v) is 11.0. The number of anilines is 1. The van der Waals surface area contributed by atoms with Crippen LogP contribution in [-0.2, 0) is 0 Å². The van der Waals surface area contributed by atoms with Crippen LogP contribution in [0.3, 0.4) is 0 Å². The standard InChI is InChI=1S/C13H19N3O3/c1-2-19-12-8-4-7-11(13(12)16(17)18)15-10-6-3-5-9(10)14/h4,7-10,15H,2-3,5-6,14H2,1H3. The Labute approximate surface area is 112 Å². The Morgan fingerprint density at radius 2 is 2.32 bits per heavy atom. The van der Waals surface area contributed by atoms with E-state index in [9.17, 15) is 10.1 Å². The summed E-state index contributed by atoms with van der Waals surface area (Å²) in [6.07, 6.45) is 2.95. The first-order chi connectivity index (χ1) is 9.13. The third-order valence-electron chi connectivity index (χ3n) is 3.39. The van der Waals surface area contributed by atoms with Crippen LogP contribution in [0.15, 0.2) is 18.2 Å². The van der Waals surface area contributed by atoms with Gasteiger partial charge in [-0.2, -0.15) is 0 Å². The van der Waals surface area contributed by atoms with E-state index in [-0.39, 0.29) is 17.8 Å². The average Bonchev–Trinajstić information content (AvgIpc) is 2.75. The number of hydrogen-bond donors (Lipinski definition) is 2. The zero-order chi connectivity index (χ0) is 13.8. The Bertz CT molecular complexity index is 464.